The number of hydrogen-bond donors (Lipinski definition) is 3. The van der Waals surface area contributed by atoms with E-state index in [-0.39, 0.29) is 43.4 Å². The Labute approximate surface area is 171 Å². The molecule has 2 aromatic rings. The number of nitrogens with one attached hydrogen (secondary N) is 3. The Morgan fingerprint density at radius 3 is 2.03 bits per heavy atom. The summed E-state index contributed by atoms with van der Waals surface area (Å²) in [6.07, 6.45) is -4.39. The maximum atomic E-state index is 12.5. The lowest BCUT2D eigenvalue weighted by Gasteiger charge is -2.10. The molecule has 6 nitrogen and oxygen atoms in total. The van der Waals surface area contributed by atoms with Gasteiger partial charge in [-0.2, -0.15) is 13.2 Å². The van der Waals surface area contributed by atoms with E-state index < -0.39 is 17.6 Å². The Hall–Kier alpha value is -3.36. The van der Waals surface area contributed by atoms with Crippen LogP contribution in [0.4, 0.5) is 13.2 Å². The first-order valence-corrected chi connectivity index (χ1v) is 9.24. The number of carbonyl (C=O) groups excluding carboxylic acids is 3. The normalized spacial score (nSPS) is 10.9. The van der Waals surface area contributed by atoms with Gasteiger partial charge in [-0.15, -0.1) is 0 Å². The minimum Gasteiger partial charge on any atom is -0.354 e. The molecule has 30 heavy (non-hydrogen) atoms. The molecule has 0 radical (unpaired) electrons. The van der Waals surface area contributed by atoms with Crippen molar-refractivity contribution >= 4 is 17.7 Å². The maximum Gasteiger partial charge on any atom is 0.416 e. The number of amides is 3. The molecule has 0 unspecified atom stereocenters. The van der Waals surface area contributed by atoms with Gasteiger partial charge < -0.3 is 16.0 Å². The molecule has 2 aromatic carbocycles. The predicted molar refractivity (Wildman–Crippen MR) is 105 cm³/mol. The number of carbonyl (C=O) groups is 3. The first-order valence-electron chi connectivity index (χ1n) is 9.24. The molecule has 160 valence electrons. The highest BCUT2D eigenvalue weighted by Gasteiger charge is 2.30. The highest BCUT2D eigenvalue weighted by molar-refractivity contribution is 5.96. The first kappa shape index (κ1) is 22.9. The summed E-state index contributed by atoms with van der Waals surface area (Å²) in [5.41, 5.74) is 0.640. The fraction of sp³-hybridized carbons (Fsp3) is 0.286. The number of alkyl halides is 3. The number of aryl methyl sites for hydroxylation is 1. The predicted octanol–water partition coefficient (Wildman–Crippen LogP) is 2.68. The molecule has 0 saturated carbocycles. The van der Waals surface area contributed by atoms with Crippen molar-refractivity contribution in [3.05, 3.63) is 70.8 Å². The Kier molecular flexibility index (Phi) is 7.97. The van der Waals surface area contributed by atoms with Crippen LogP contribution in [0.25, 0.3) is 0 Å². The molecule has 0 spiro atoms. The van der Waals surface area contributed by atoms with Crippen molar-refractivity contribution in [3.63, 3.8) is 0 Å². The summed E-state index contributed by atoms with van der Waals surface area (Å²) < 4.78 is 37.6. The van der Waals surface area contributed by atoms with Crippen LogP contribution < -0.4 is 16.0 Å². The van der Waals surface area contributed by atoms with Gasteiger partial charge in [-0.1, -0.05) is 18.2 Å². The number of hydrogen-bond acceptors (Lipinski definition) is 3. The standard InChI is InChI=1S/C21H22F3N3O3/c1-14-4-2-3-5-17(14)20(30)26-11-10-18(28)25-12-13-27-19(29)15-6-8-16(9-7-15)21(22,23)24/h2-9H,10-13H2,1H3,(H,25,28)(H,26,30)(H,27,29). The molecular formula is C21H22F3N3O3. The molecular weight excluding hydrogens is 399 g/mol. The van der Waals surface area contributed by atoms with Crippen LogP contribution in [0.5, 0.6) is 0 Å². The minimum atomic E-state index is -4.46. The van der Waals surface area contributed by atoms with E-state index in [9.17, 15) is 27.6 Å². The quantitative estimate of drug-likeness (QED) is 0.573. The fourth-order valence-corrected chi connectivity index (χ4v) is 2.59. The Morgan fingerprint density at radius 2 is 1.40 bits per heavy atom. The Bertz CT molecular complexity index is 896. The van der Waals surface area contributed by atoms with E-state index in [1.54, 1.807) is 12.1 Å². The van der Waals surface area contributed by atoms with Gasteiger partial charge >= 0.3 is 6.18 Å². The van der Waals surface area contributed by atoms with Gasteiger partial charge in [0, 0.05) is 37.2 Å². The highest BCUT2D eigenvalue weighted by Crippen LogP contribution is 2.29. The summed E-state index contributed by atoms with van der Waals surface area (Å²) in [5.74, 6) is -1.10. The monoisotopic (exact) mass is 421 g/mol. The van der Waals surface area contributed by atoms with Gasteiger partial charge in [0.1, 0.15) is 0 Å². The molecule has 2 rings (SSSR count). The summed E-state index contributed by atoms with van der Waals surface area (Å²) in [5, 5.41) is 7.77. The van der Waals surface area contributed by atoms with Gasteiger partial charge in [-0.25, -0.2) is 0 Å². The summed E-state index contributed by atoms with van der Waals surface area (Å²) in [7, 11) is 0. The second-order valence-electron chi connectivity index (χ2n) is 6.50. The van der Waals surface area contributed by atoms with Crippen molar-refractivity contribution in [1.29, 1.82) is 0 Å². The molecule has 3 amide bonds. The molecule has 0 atom stereocenters. The maximum absolute atomic E-state index is 12.5. The third kappa shape index (κ3) is 6.91. The molecule has 0 aliphatic heterocycles. The van der Waals surface area contributed by atoms with Gasteiger partial charge in [-0.3, -0.25) is 14.4 Å². The third-order valence-corrected chi connectivity index (χ3v) is 4.23. The lowest BCUT2D eigenvalue weighted by atomic mass is 10.1. The third-order valence-electron chi connectivity index (χ3n) is 4.23. The van der Waals surface area contributed by atoms with Crippen molar-refractivity contribution in [1.82, 2.24) is 16.0 Å². The zero-order valence-corrected chi connectivity index (χ0v) is 16.3. The molecule has 0 bridgehead atoms. The molecule has 0 aromatic heterocycles. The van der Waals surface area contributed by atoms with Gasteiger partial charge in [0.25, 0.3) is 11.8 Å². The topological polar surface area (TPSA) is 87.3 Å². The zero-order valence-electron chi connectivity index (χ0n) is 16.3. The minimum absolute atomic E-state index is 0.0739. The van der Waals surface area contributed by atoms with Crippen LogP contribution in [-0.4, -0.2) is 37.4 Å². The number of rotatable bonds is 8. The van der Waals surface area contributed by atoms with Crippen molar-refractivity contribution in [2.45, 2.75) is 19.5 Å². The molecule has 9 heteroatoms. The lowest BCUT2D eigenvalue weighted by Crippen LogP contribution is -2.36. The van der Waals surface area contributed by atoms with E-state index in [0.29, 0.717) is 5.56 Å². The van der Waals surface area contributed by atoms with Crippen LogP contribution in [0.1, 0.15) is 38.3 Å². The Balaban J connectivity index is 1.64. The summed E-state index contributed by atoms with van der Waals surface area (Å²) in [6.45, 7) is 2.25. The van der Waals surface area contributed by atoms with E-state index in [1.165, 1.54) is 0 Å². The SMILES string of the molecule is Cc1ccccc1C(=O)NCCC(=O)NCCNC(=O)c1ccc(C(F)(F)F)cc1. The lowest BCUT2D eigenvalue weighted by molar-refractivity contribution is -0.137. The van der Waals surface area contributed by atoms with Crippen molar-refractivity contribution in [3.8, 4) is 0 Å². The zero-order chi connectivity index (χ0) is 22.1. The molecule has 0 saturated heterocycles. The summed E-state index contributed by atoms with van der Waals surface area (Å²) in [4.78, 5) is 35.7. The van der Waals surface area contributed by atoms with E-state index >= 15 is 0 Å². The number of benzene rings is 2. The van der Waals surface area contributed by atoms with Crippen molar-refractivity contribution < 1.29 is 27.6 Å². The van der Waals surface area contributed by atoms with Crippen molar-refractivity contribution in [2.75, 3.05) is 19.6 Å². The van der Waals surface area contributed by atoms with Crippen LogP contribution in [0.15, 0.2) is 48.5 Å². The molecule has 0 aliphatic carbocycles. The summed E-state index contributed by atoms with van der Waals surface area (Å²) in [6, 6.07) is 11.0. The van der Waals surface area contributed by atoms with Gasteiger partial charge in [0.2, 0.25) is 5.91 Å². The molecule has 0 heterocycles. The van der Waals surface area contributed by atoms with Crippen LogP contribution in [-0.2, 0) is 11.0 Å². The Morgan fingerprint density at radius 1 is 0.800 bits per heavy atom. The highest BCUT2D eigenvalue weighted by atomic mass is 19.4. The van der Waals surface area contributed by atoms with Crippen LogP contribution in [0, 0.1) is 6.92 Å². The van der Waals surface area contributed by atoms with Crippen LogP contribution >= 0.6 is 0 Å². The molecule has 0 aliphatic rings. The van der Waals surface area contributed by atoms with Gasteiger partial charge in [-0.05, 0) is 42.8 Å². The number of halogens is 3. The van der Waals surface area contributed by atoms with Gasteiger partial charge in [0.05, 0.1) is 5.56 Å². The first-order chi connectivity index (χ1) is 14.2. The van der Waals surface area contributed by atoms with E-state index in [2.05, 4.69) is 16.0 Å². The summed E-state index contributed by atoms with van der Waals surface area (Å²) >= 11 is 0. The second-order valence-corrected chi connectivity index (χ2v) is 6.50. The van der Waals surface area contributed by atoms with E-state index in [0.717, 1.165) is 29.8 Å². The fourth-order valence-electron chi connectivity index (χ4n) is 2.59. The average molecular weight is 421 g/mol. The smallest absolute Gasteiger partial charge is 0.354 e. The van der Waals surface area contributed by atoms with E-state index in [4.69, 9.17) is 0 Å². The largest absolute Gasteiger partial charge is 0.416 e. The molecule has 3 N–H and O–H groups in total. The second kappa shape index (κ2) is 10.4. The van der Waals surface area contributed by atoms with Crippen LogP contribution in [0.3, 0.4) is 0 Å². The molecule has 0 fully saturated rings. The van der Waals surface area contributed by atoms with Gasteiger partial charge in [0.15, 0.2) is 0 Å². The van der Waals surface area contributed by atoms with Crippen molar-refractivity contribution in [2.24, 2.45) is 0 Å². The van der Waals surface area contributed by atoms with Crippen LogP contribution in [0.2, 0.25) is 0 Å². The average Bonchev–Trinajstić information content (AvgIpc) is 2.70. The van der Waals surface area contributed by atoms with E-state index in [1.807, 2.05) is 19.1 Å².